The summed E-state index contributed by atoms with van der Waals surface area (Å²) in [5.41, 5.74) is 2.81. The van der Waals surface area contributed by atoms with Gasteiger partial charge in [-0.3, -0.25) is 4.79 Å². The molecule has 1 amide bonds. The molecule has 8 heteroatoms. The largest absolute Gasteiger partial charge is 0.495 e. The zero-order valence-electron chi connectivity index (χ0n) is 17.7. The molecule has 3 aliphatic rings. The van der Waals surface area contributed by atoms with Crippen LogP contribution in [-0.2, 0) is 21.2 Å². The van der Waals surface area contributed by atoms with Gasteiger partial charge in [-0.1, -0.05) is 12.1 Å². The summed E-state index contributed by atoms with van der Waals surface area (Å²) in [5.74, 6) is 1.14. The molecule has 0 bridgehead atoms. The zero-order valence-corrected chi connectivity index (χ0v) is 18.5. The molecule has 0 atom stereocenters. The van der Waals surface area contributed by atoms with Crippen LogP contribution in [0.5, 0.6) is 5.75 Å². The number of benzene rings is 2. The van der Waals surface area contributed by atoms with E-state index in [2.05, 4.69) is 4.90 Å². The van der Waals surface area contributed by atoms with Gasteiger partial charge in [0.15, 0.2) is 0 Å². The van der Waals surface area contributed by atoms with Crippen LogP contribution in [0.2, 0.25) is 0 Å². The molecule has 0 spiro atoms. The van der Waals surface area contributed by atoms with Gasteiger partial charge < -0.3 is 14.5 Å². The Balaban J connectivity index is 1.31. The van der Waals surface area contributed by atoms with Gasteiger partial charge in [0.1, 0.15) is 5.75 Å². The van der Waals surface area contributed by atoms with Crippen molar-refractivity contribution in [3.63, 3.8) is 0 Å². The Labute approximate surface area is 183 Å². The number of anilines is 2. The molecule has 2 fully saturated rings. The van der Waals surface area contributed by atoms with Gasteiger partial charge in [-0.15, -0.1) is 0 Å². The number of sulfonamides is 1. The quantitative estimate of drug-likeness (QED) is 0.713. The summed E-state index contributed by atoms with van der Waals surface area (Å²) in [6.45, 7) is 2.70. The first-order valence-corrected chi connectivity index (χ1v) is 12.3. The summed E-state index contributed by atoms with van der Waals surface area (Å²) in [6, 6.07) is 13.0. The summed E-state index contributed by atoms with van der Waals surface area (Å²) in [5, 5.41) is 0. The van der Waals surface area contributed by atoms with Crippen molar-refractivity contribution >= 4 is 27.3 Å². The van der Waals surface area contributed by atoms with Gasteiger partial charge in [0.05, 0.1) is 17.7 Å². The second-order valence-corrected chi connectivity index (χ2v) is 10.3. The number of nitrogens with zero attached hydrogens (tertiary/aromatic N) is 3. The highest BCUT2D eigenvalue weighted by Crippen LogP contribution is 2.37. The molecule has 2 aliphatic heterocycles. The predicted molar refractivity (Wildman–Crippen MR) is 119 cm³/mol. The first-order chi connectivity index (χ1) is 15.0. The molecule has 1 aliphatic carbocycles. The zero-order chi connectivity index (χ0) is 21.6. The third kappa shape index (κ3) is 3.68. The number of carbonyl (C=O) groups excluding carboxylic acids is 1. The molecule has 7 nitrogen and oxygen atoms in total. The van der Waals surface area contributed by atoms with Crippen LogP contribution in [0, 0.1) is 5.92 Å². The van der Waals surface area contributed by atoms with Crippen molar-refractivity contribution < 1.29 is 17.9 Å². The normalized spacial score (nSPS) is 19.4. The van der Waals surface area contributed by atoms with Crippen LogP contribution in [-0.4, -0.2) is 58.5 Å². The second-order valence-electron chi connectivity index (χ2n) is 8.37. The highest BCUT2D eigenvalue weighted by atomic mass is 32.2. The summed E-state index contributed by atoms with van der Waals surface area (Å²) < 4.78 is 33.6. The Morgan fingerprint density at radius 2 is 1.71 bits per heavy atom. The van der Waals surface area contributed by atoms with Crippen LogP contribution in [0.25, 0.3) is 0 Å². The van der Waals surface area contributed by atoms with Crippen molar-refractivity contribution in [2.45, 2.75) is 24.2 Å². The number of ether oxygens (including phenoxy) is 1. The van der Waals surface area contributed by atoms with Gasteiger partial charge >= 0.3 is 0 Å². The molecule has 31 heavy (non-hydrogen) atoms. The fourth-order valence-corrected chi connectivity index (χ4v) is 6.00. The average molecular weight is 442 g/mol. The van der Waals surface area contributed by atoms with E-state index in [9.17, 15) is 13.2 Å². The van der Waals surface area contributed by atoms with E-state index >= 15 is 0 Å². The SMILES string of the molecule is COc1ccccc1N1CCN(S(=O)(=O)c2ccc3c(c2)CCN3C(=O)C2CC2)CC1. The van der Waals surface area contributed by atoms with E-state index in [0.29, 0.717) is 44.0 Å². The van der Waals surface area contributed by atoms with Gasteiger partial charge in [-0.05, 0) is 55.2 Å². The number of hydrogen-bond donors (Lipinski definition) is 0. The standard InChI is InChI=1S/C23H27N3O4S/c1-30-22-5-3-2-4-21(22)24-12-14-25(15-13-24)31(28,29)19-8-9-20-18(16-19)10-11-26(20)23(27)17-6-7-17/h2-5,8-9,16-17H,6-7,10-15H2,1H3. The molecule has 0 radical (unpaired) electrons. The summed E-state index contributed by atoms with van der Waals surface area (Å²) >= 11 is 0. The lowest BCUT2D eigenvalue weighted by atomic mass is 10.2. The second kappa shape index (κ2) is 7.84. The lowest BCUT2D eigenvalue weighted by Gasteiger charge is -2.36. The first-order valence-electron chi connectivity index (χ1n) is 10.8. The molecule has 0 aromatic heterocycles. The van der Waals surface area contributed by atoms with Gasteiger partial charge in [0, 0.05) is 44.3 Å². The Bertz CT molecular complexity index is 1110. The molecule has 164 valence electrons. The maximum Gasteiger partial charge on any atom is 0.243 e. The maximum absolute atomic E-state index is 13.3. The van der Waals surface area contributed by atoms with Crippen LogP contribution in [0.1, 0.15) is 18.4 Å². The van der Waals surface area contributed by atoms with Crippen molar-refractivity contribution in [2.24, 2.45) is 5.92 Å². The molecule has 1 saturated heterocycles. The van der Waals surface area contributed by atoms with Crippen molar-refractivity contribution in [3.8, 4) is 5.75 Å². The number of fused-ring (bicyclic) bond motifs is 1. The van der Waals surface area contributed by atoms with Crippen molar-refractivity contribution in [2.75, 3.05) is 49.6 Å². The summed E-state index contributed by atoms with van der Waals surface area (Å²) in [7, 11) is -1.93. The lowest BCUT2D eigenvalue weighted by Crippen LogP contribution is -2.48. The Kier molecular flexibility index (Phi) is 5.14. The van der Waals surface area contributed by atoms with Crippen molar-refractivity contribution in [3.05, 3.63) is 48.0 Å². The van der Waals surface area contributed by atoms with Gasteiger partial charge in [-0.25, -0.2) is 8.42 Å². The minimum Gasteiger partial charge on any atom is -0.495 e. The minimum atomic E-state index is -3.57. The third-order valence-electron chi connectivity index (χ3n) is 6.44. The lowest BCUT2D eigenvalue weighted by molar-refractivity contribution is -0.119. The van der Waals surface area contributed by atoms with Gasteiger partial charge in [0.25, 0.3) is 0 Å². The molecule has 2 aromatic rings. The van der Waals surface area contributed by atoms with E-state index in [4.69, 9.17) is 4.74 Å². The number of piperazine rings is 1. The monoisotopic (exact) mass is 441 g/mol. The summed E-state index contributed by atoms with van der Waals surface area (Å²) in [4.78, 5) is 16.8. The van der Waals surface area contributed by atoms with Crippen molar-refractivity contribution in [1.82, 2.24) is 4.31 Å². The van der Waals surface area contributed by atoms with Crippen LogP contribution in [0.15, 0.2) is 47.4 Å². The van der Waals surface area contributed by atoms with E-state index in [0.717, 1.165) is 35.5 Å². The Hall–Kier alpha value is -2.58. The van der Waals surface area contributed by atoms with E-state index in [1.165, 1.54) is 0 Å². The van der Waals surface area contributed by atoms with Crippen LogP contribution < -0.4 is 14.5 Å². The first kappa shape index (κ1) is 20.3. The van der Waals surface area contributed by atoms with Gasteiger partial charge in [-0.2, -0.15) is 4.31 Å². The number of methoxy groups -OCH3 is 1. The van der Waals surface area contributed by atoms with Crippen LogP contribution in [0.4, 0.5) is 11.4 Å². The number of carbonyl (C=O) groups is 1. The molecule has 1 saturated carbocycles. The summed E-state index contributed by atoms with van der Waals surface area (Å²) in [6.07, 6.45) is 2.65. The number of rotatable bonds is 5. The molecule has 5 rings (SSSR count). The molecule has 2 aromatic carbocycles. The number of para-hydroxylation sites is 2. The van der Waals surface area contributed by atoms with E-state index < -0.39 is 10.0 Å². The smallest absolute Gasteiger partial charge is 0.243 e. The number of hydrogen-bond acceptors (Lipinski definition) is 5. The predicted octanol–water partition coefficient (Wildman–Crippen LogP) is 2.51. The highest BCUT2D eigenvalue weighted by Gasteiger charge is 2.37. The number of amides is 1. The third-order valence-corrected chi connectivity index (χ3v) is 8.34. The Morgan fingerprint density at radius 1 is 0.968 bits per heavy atom. The molecule has 2 heterocycles. The van der Waals surface area contributed by atoms with E-state index in [-0.39, 0.29) is 11.8 Å². The highest BCUT2D eigenvalue weighted by molar-refractivity contribution is 7.89. The topological polar surface area (TPSA) is 70.2 Å². The van der Waals surface area contributed by atoms with Crippen molar-refractivity contribution in [1.29, 1.82) is 0 Å². The van der Waals surface area contributed by atoms with E-state index in [1.807, 2.05) is 29.2 Å². The van der Waals surface area contributed by atoms with Crippen LogP contribution in [0.3, 0.4) is 0 Å². The van der Waals surface area contributed by atoms with E-state index in [1.54, 1.807) is 29.6 Å². The fourth-order valence-electron chi connectivity index (χ4n) is 4.53. The van der Waals surface area contributed by atoms with Crippen LogP contribution >= 0.6 is 0 Å². The molecule has 0 N–H and O–H groups in total. The average Bonchev–Trinajstić information content (AvgIpc) is 3.57. The van der Waals surface area contributed by atoms with Gasteiger partial charge in [0.2, 0.25) is 15.9 Å². The fraction of sp³-hybridized carbons (Fsp3) is 0.435. The maximum atomic E-state index is 13.3. The minimum absolute atomic E-state index is 0.161. The molecule has 0 unspecified atom stereocenters. The molecular weight excluding hydrogens is 414 g/mol. The Morgan fingerprint density at radius 3 is 2.42 bits per heavy atom. The molecular formula is C23H27N3O4S.